The van der Waals surface area contributed by atoms with Crippen LogP contribution in [0.4, 0.5) is 0 Å². The van der Waals surface area contributed by atoms with E-state index in [-0.39, 0.29) is 23.0 Å². The summed E-state index contributed by atoms with van der Waals surface area (Å²) in [5.74, 6) is -1.16. The van der Waals surface area contributed by atoms with E-state index in [4.69, 9.17) is 5.11 Å². The molecule has 0 spiro atoms. The van der Waals surface area contributed by atoms with Gasteiger partial charge in [0.15, 0.2) is 0 Å². The quantitative estimate of drug-likeness (QED) is 0.704. The van der Waals surface area contributed by atoms with Crippen molar-refractivity contribution in [3.8, 4) is 0 Å². The number of hydrogen-bond acceptors (Lipinski definition) is 1. The van der Waals surface area contributed by atoms with Gasteiger partial charge in [-0.3, -0.25) is 4.79 Å². The number of aliphatic carboxylic acids is 1. The first-order valence-corrected chi connectivity index (χ1v) is 4.20. The van der Waals surface area contributed by atoms with Gasteiger partial charge in [0.2, 0.25) is 0 Å². The number of rotatable bonds is 1. The summed E-state index contributed by atoms with van der Waals surface area (Å²) >= 11 is 0. The van der Waals surface area contributed by atoms with Crippen LogP contribution in [0.1, 0.15) is 6.42 Å². The van der Waals surface area contributed by atoms with Gasteiger partial charge < -0.3 is 5.11 Å². The van der Waals surface area contributed by atoms with Gasteiger partial charge in [0.05, 0.1) is 5.92 Å². The van der Waals surface area contributed by atoms with Crippen LogP contribution in [-0.2, 0) is 21.9 Å². The molecule has 0 fully saturated rings. The molecule has 0 atom stereocenters. The molecule has 1 N–H and O–H groups in total. The molecule has 0 aromatic rings. The average Bonchev–Trinajstić information content (AvgIpc) is 2.82. The third-order valence-electron chi connectivity index (χ3n) is 1.69. The second-order valence-corrected chi connectivity index (χ2v) is 2.73. The van der Waals surface area contributed by atoms with E-state index >= 15 is 0 Å². The number of carbonyl (C=O) groups is 1. The maximum atomic E-state index is 10.1. The molecule has 2 aliphatic rings. The third kappa shape index (κ3) is 4.85. The SMILES string of the molecule is C1=CCC=C1.O=C(O)C1C=CC=C1.[Fe]. The molecular weight excluding hydrogens is 220 g/mol. The van der Waals surface area contributed by atoms with Crippen molar-refractivity contribution in [3.63, 3.8) is 0 Å². The van der Waals surface area contributed by atoms with Gasteiger partial charge in [-0.15, -0.1) is 0 Å². The van der Waals surface area contributed by atoms with E-state index in [2.05, 4.69) is 24.3 Å². The van der Waals surface area contributed by atoms with Gasteiger partial charge in [-0.2, -0.15) is 0 Å². The smallest absolute Gasteiger partial charge is 0.314 e. The van der Waals surface area contributed by atoms with Gasteiger partial charge in [0.1, 0.15) is 0 Å². The molecule has 0 heterocycles. The Morgan fingerprint density at radius 2 is 1.57 bits per heavy atom. The first kappa shape index (κ1) is 12.9. The molecule has 3 heteroatoms. The summed E-state index contributed by atoms with van der Waals surface area (Å²) in [4.78, 5) is 10.1. The molecule has 0 aromatic heterocycles. The summed E-state index contributed by atoms with van der Waals surface area (Å²) in [7, 11) is 0. The zero-order valence-electron chi connectivity index (χ0n) is 7.61. The molecule has 0 unspecified atom stereocenters. The van der Waals surface area contributed by atoms with Gasteiger partial charge in [0, 0.05) is 17.1 Å². The topological polar surface area (TPSA) is 37.3 Å². The molecule has 0 radical (unpaired) electrons. The van der Waals surface area contributed by atoms with Gasteiger partial charge in [-0.25, -0.2) is 0 Å². The van der Waals surface area contributed by atoms with Crippen molar-refractivity contribution in [2.75, 3.05) is 0 Å². The molecule has 0 aromatic carbocycles. The fourth-order valence-corrected chi connectivity index (χ4v) is 0.989. The molecule has 0 saturated heterocycles. The first-order chi connectivity index (χ1) is 6.30. The third-order valence-corrected chi connectivity index (χ3v) is 1.69. The van der Waals surface area contributed by atoms with E-state index in [1.807, 2.05) is 0 Å². The number of carboxylic acid groups (broad SMARTS) is 1. The zero-order chi connectivity index (χ0) is 9.52. The molecule has 0 aliphatic heterocycles. The number of carboxylic acids is 1. The van der Waals surface area contributed by atoms with Gasteiger partial charge in [-0.05, 0) is 6.42 Å². The van der Waals surface area contributed by atoms with E-state index in [0.717, 1.165) is 6.42 Å². The van der Waals surface area contributed by atoms with E-state index in [1.165, 1.54) is 0 Å². The van der Waals surface area contributed by atoms with Crippen LogP contribution in [0.25, 0.3) is 0 Å². The van der Waals surface area contributed by atoms with Crippen LogP contribution < -0.4 is 0 Å². The molecule has 0 bridgehead atoms. The van der Waals surface area contributed by atoms with E-state index in [0.29, 0.717) is 0 Å². The summed E-state index contributed by atoms with van der Waals surface area (Å²) in [5, 5.41) is 8.31. The van der Waals surface area contributed by atoms with Crippen LogP contribution >= 0.6 is 0 Å². The predicted octanol–water partition coefficient (Wildman–Crippen LogP) is 2.31. The van der Waals surface area contributed by atoms with Gasteiger partial charge in [0.25, 0.3) is 0 Å². The van der Waals surface area contributed by atoms with Crippen LogP contribution in [0.5, 0.6) is 0 Å². The van der Waals surface area contributed by atoms with Gasteiger partial charge >= 0.3 is 5.97 Å². The molecule has 2 nitrogen and oxygen atoms in total. The summed E-state index contributed by atoms with van der Waals surface area (Å²) in [6, 6.07) is 0. The fourth-order valence-electron chi connectivity index (χ4n) is 0.989. The molecular formula is C11H12FeO2. The minimum atomic E-state index is -0.782. The Kier molecular flexibility index (Phi) is 6.81. The Labute approximate surface area is 94.2 Å². The number of hydrogen-bond donors (Lipinski definition) is 1. The maximum Gasteiger partial charge on any atom is 0.314 e. The molecule has 2 aliphatic carbocycles. The zero-order valence-corrected chi connectivity index (χ0v) is 8.72. The minimum Gasteiger partial charge on any atom is -0.481 e. The maximum absolute atomic E-state index is 10.1. The largest absolute Gasteiger partial charge is 0.481 e. The van der Waals surface area contributed by atoms with Crippen LogP contribution in [0.15, 0.2) is 48.6 Å². The first-order valence-electron chi connectivity index (χ1n) is 4.20. The van der Waals surface area contributed by atoms with Crippen LogP contribution in [0.2, 0.25) is 0 Å². The van der Waals surface area contributed by atoms with Crippen molar-refractivity contribution >= 4 is 5.97 Å². The summed E-state index contributed by atoms with van der Waals surface area (Å²) < 4.78 is 0. The standard InChI is InChI=1S/C6H6O2.C5H6.Fe/c7-6(8)5-3-1-2-4-5;1-2-4-5-3-1;/h1-5H,(H,7,8);1-4H,5H2;. The Balaban J connectivity index is 0.000000246. The summed E-state index contributed by atoms with van der Waals surface area (Å²) in [6.45, 7) is 0. The molecule has 14 heavy (non-hydrogen) atoms. The Hall–Kier alpha value is -1.05. The van der Waals surface area contributed by atoms with Crippen LogP contribution in [0, 0.1) is 5.92 Å². The van der Waals surface area contributed by atoms with Crippen LogP contribution in [-0.4, -0.2) is 11.1 Å². The Morgan fingerprint density at radius 3 is 1.79 bits per heavy atom. The monoisotopic (exact) mass is 232 g/mol. The minimum absolute atomic E-state index is 0. The van der Waals surface area contributed by atoms with Crippen molar-refractivity contribution in [3.05, 3.63) is 48.6 Å². The van der Waals surface area contributed by atoms with Crippen molar-refractivity contribution < 1.29 is 27.0 Å². The fraction of sp³-hybridized carbons (Fsp3) is 0.182. The number of allylic oxidation sites excluding steroid dienone is 6. The molecule has 2 rings (SSSR count). The summed E-state index contributed by atoms with van der Waals surface area (Å²) in [5.41, 5.74) is 0. The van der Waals surface area contributed by atoms with E-state index < -0.39 is 5.97 Å². The van der Waals surface area contributed by atoms with Crippen molar-refractivity contribution in [1.82, 2.24) is 0 Å². The van der Waals surface area contributed by atoms with Crippen molar-refractivity contribution in [2.24, 2.45) is 5.92 Å². The van der Waals surface area contributed by atoms with Crippen molar-refractivity contribution in [2.45, 2.75) is 6.42 Å². The van der Waals surface area contributed by atoms with Crippen molar-refractivity contribution in [1.29, 1.82) is 0 Å². The predicted molar refractivity (Wildman–Crippen MR) is 52.3 cm³/mol. The average molecular weight is 232 g/mol. The summed E-state index contributed by atoms with van der Waals surface area (Å²) in [6.07, 6.45) is 16.3. The Bertz CT molecular complexity index is 266. The second kappa shape index (κ2) is 7.36. The van der Waals surface area contributed by atoms with E-state index in [1.54, 1.807) is 24.3 Å². The molecule has 76 valence electrons. The van der Waals surface area contributed by atoms with Crippen LogP contribution in [0.3, 0.4) is 0 Å². The second-order valence-electron chi connectivity index (χ2n) is 2.73. The van der Waals surface area contributed by atoms with Gasteiger partial charge in [-0.1, -0.05) is 48.6 Å². The van der Waals surface area contributed by atoms with E-state index in [9.17, 15) is 4.79 Å². The Morgan fingerprint density at radius 1 is 1.07 bits per heavy atom. The molecule has 0 saturated carbocycles. The normalized spacial score (nSPS) is 16.3. The molecule has 0 amide bonds.